The molecule has 1 rings (SSSR count). The van der Waals surface area contributed by atoms with E-state index in [0.29, 0.717) is 6.07 Å². The van der Waals surface area contributed by atoms with Crippen molar-refractivity contribution in [1.29, 1.82) is 0 Å². The van der Waals surface area contributed by atoms with E-state index in [1.807, 2.05) is 0 Å². The number of carbonyl (C=O) groups is 2. The maximum absolute atomic E-state index is 13.6. The molecule has 0 spiro atoms. The van der Waals surface area contributed by atoms with Crippen LogP contribution in [-0.4, -0.2) is 27.4 Å². The molecule has 1 aromatic carbocycles. The lowest BCUT2D eigenvalue weighted by atomic mass is 9.98. The van der Waals surface area contributed by atoms with Gasteiger partial charge in [0, 0.05) is 6.07 Å². The summed E-state index contributed by atoms with van der Waals surface area (Å²) in [6.07, 6.45) is 0.0999. The van der Waals surface area contributed by atoms with Gasteiger partial charge in [0.15, 0.2) is 0 Å². The molecule has 1 unspecified atom stereocenters. The van der Waals surface area contributed by atoms with E-state index in [-0.39, 0.29) is 6.42 Å². The average molecular weight is 284 g/mol. The van der Waals surface area contributed by atoms with E-state index in [0.717, 1.165) is 12.1 Å². The van der Waals surface area contributed by atoms with Gasteiger partial charge in [-0.1, -0.05) is 6.92 Å². The standard InChI is InChI=1S/C12H13FN2O5/c1-3-12(2,11(17)18)14-10(16)8-5-4-7(15(19)20)6-9(8)13/h4-6H,3H2,1-2H3,(H,14,16)(H,17,18). The number of nitrogens with zero attached hydrogens (tertiary/aromatic N) is 1. The average Bonchev–Trinajstić information content (AvgIpc) is 2.37. The number of hydrogen-bond acceptors (Lipinski definition) is 4. The van der Waals surface area contributed by atoms with Gasteiger partial charge in [-0.05, 0) is 19.4 Å². The number of nitro groups is 1. The number of nitro benzene ring substituents is 1. The van der Waals surface area contributed by atoms with Crippen molar-refractivity contribution in [3.63, 3.8) is 0 Å². The first-order valence-electron chi connectivity index (χ1n) is 5.71. The molecule has 0 heterocycles. The predicted molar refractivity (Wildman–Crippen MR) is 66.9 cm³/mol. The lowest BCUT2D eigenvalue weighted by molar-refractivity contribution is -0.385. The number of carbonyl (C=O) groups excluding carboxylic acids is 1. The van der Waals surface area contributed by atoms with E-state index < -0.39 is 39.4 Å². The molecule has 1 amide bonds. The van der Waals surface area contributed by atoms with Gasteiger partial charge >= 0.3 is 5.97 Å². The number of non-ortho nitro benzene ring substituents is 1. The van der Waals surface area contributed by atoms with E-state index in [2.05, 4.69) is 5.32 Å². The molecule has 0 saturated heterocycles. The second-order valence-corrected chi connectivity index (χ2v) is 4.37. The molecule has 0 radical (unpaired) electrons. The van der Waals surface area contributed by atoms with Gasteiger partial charge in [0.2, 0.25) is 0 Å². The van der Waals surface area contributed by atoms with Gasteiger partial charge < -0.3 is 10.4 Å². The van der Waals surface area contributed by atoms with Crippen molar-refractivity contribution in [2.24, 2.45) is 0 Å². The Bertz CT molecular complexity index is 575. The Kier molecular flexibility index (Phi) is 4.38. The second-order valence-electron chi connectivity index (χ2n) is 4.37. The van der Waals surface area contributed by atoms with Crippen molar-refractivity contribution in [3.05, 3.63) is 39.7 Å². The van der Waals surface area contributed by atoms with Crippen LogP contribution in [0.25, 0.3) is 0 Å². The first-order chi connectivity index (χ1) is 9.21. The third kappa shape index (κ3) is 3.08. The number of nitrogens with one attached hydrogen (secondary N) is 1. The normalized spacial score (nSPS) is 13.3. The summed E-state index contributed by atoms with van der Waals surface area (Å²) in [4.78, 5) is 32.6. The van der Waals surface area contributed by atoms with Crippen LogP contribution < -0.4 is 5.32 Å². The molecular weight excluding hydrogens is 271 g/mol. The van der Waals surface area contributed by atoms with Crippen LogP contribution in [0.2, 0.25) is 0 Å². The highest BCUT2D eigenvalue weighted by Gasteiger charge is 2.33. The SMILES string of the molecule is CCC(C)(NC(=O)c1ccc([N+](=O)[O-])cc1F)C(=O)O. The van der Waals surface area contributed by atoms with Crippen molar-refractivity contribution in [1.82, 2.24) is 5.32 Å². The number of hydrogen-bond donors (Lipinski definition) is 2. The Balaban J connectivity index is 3.05. The summed E-state index contributed by atoms with van der Waals surface area (Å²) in [5, 5.41) is 21.7. The number of carboxylic acids is 1. The molecule has 0 aromatic heterocycles. The summed E-state index contributed by atoms with van der Waals surface area (Å²) in [5.74, 6) is -3.28. The fourth-order valence-electron chi connectivity index (χ4n) is 1.41. The maximum atomic E-state index is 13.6. The third-order valence-corrected chi connectivity index (χ3v) is 2.98. The van der Waals surface area contributed by atoms with Crippen LogP contribution in [0, 0.1) is 15.9 Å². The predicted octanol–water partition coefficient (Wildman–Crippen LogP) is 1.72. The Morgan fingerprint density at radius 1 is 1.50 bits per heavy atom. The highest BCUT2D eigenvalue weighted by molar-refractivity contribution is 5.98. The molecule has 8 heteroatoms. The fraction of sp³-hybridized carbons (Fsp3) is 0.333. The third-order valence-electron chi connectivity index (χ3n) is 2.98. The Hall–Kier alpha value is -2.51. The van der Waals surface area contributed by atoms with E-state index in [9.17, 15) is 24.1 Å². The first kappa shape index (κ1) is 15.5. The molecule has 0 bridgehead atoms. The van der Waals surface area contributed by atoms with Crippen molar-refractivity contribution >= 4 is 17.6 Å². The second kappa shape index (κ2) is 5.64. The number of rotatable bonds is 5. The van der Waals surface area contributed by atoms with Crippen LogP contribution in [0.5, 0.6) is 0 Å². The number of carboxylic acid groups (broad SMARTS) is 1. The summed E-state index contributed by atoms with van der Waals surface area (Å²) >= 11 is 0. The minimum atomic E-state index is -1.54. The summed E-state index contributed by atoms with van der Waals surface area (Å²) in [6, 6.07) is 2.53. The monoisotopic (exact) mass is 284 g/mol. The first-order valence-corrected chi connectivity index (χ1v) is 5.71. The quantitative estimate of drug-likeness (QED) is 0.632. The van der Waals surface area contributed by atoms with Crippen LogP contribution in [0.1, 0.15) is 30.6 Å². The fourth-order valence-corrected chi connectivity index (χ4v) is 1.41. The van der Waals surface area contributed by atoms with Gasteiger partial charge in [0.25, 0.3) is 11.6 Å². The van der Waals surface area contributed by atoms with Crippen LogP contribution in [0.3, 0.4) is 0 Å². The molecule has 0 fully saturated rings. The Labute approximate surface area is 113 Å². The molecule has 0 aliphatic carbocycles. The number of benzene rings is 1. The summed E-state index contributed by atoms with van der Waals surface area (Å²) in [5.41, 5.74) is -2.47. The lowest BCUT2D eigenvalue weighted by Gasteiger charge is -2.24. The van der Waals surface area contributed by atoms with Gasteiger partial charge in [0.1, 0.15) is 11.4 Å². The lowest BCUT2D eigenvalue weighted by Crippen LogP contribution is -2.51. The van der Waals surface area contributed by atoms with E-state index in [1.165, 1.54) is 6.92 Å². The zero-order valence-corrected chi connectivity index (χ0v) is 10.8. The van der Waals surface area contributed by atoms with Crippen LogP contribution in [0.15, 0.2) is 18.2 Å². The van der Waals surface area contributed by atoms with E-state index in [4.69, 9.17) is 5.11 Å². The molecule has 2 N–H and O–H groups in total. The number of amides is 1. The molecule has 108 valence electrons. The largest absolute Gasteiger partial charge is 0.480 e. The Morgan fingerprint density at radius 2 is 2.10 bits per heavy atom. The molecule has 0 aliphatic heterocycles. The van der Waals surface area contributed by atoms with Gasteiger partial charge in [-0.25, -0.2) is 9.18 Å². The molecule has 20 heavy (non-hydrogen) atoms. The number of halogens is 1. The molecule has 0 saturated carbocycles. The molecule has 1 atom stereocenters. The minimum absolute atomic E-state index is 0.0999. The van der Waals surface area contributed by atoms with Gasteiger partial charge in [0.05, 0.1) is 16.6 Å². The molecule has 7 nitrogen and oxygen atoms in total. The zero-order valence-electron chi connectivity index (χ0n) is 10.8. The van der Waals surface area contributed by atoms with E-state index >= 15 is 0 Å². The van der Waals surface area contributed by atoms with Crippen molar-refractivity contribution in [2.75, 3.05) is 0 Å². The summed E-state index contributed by atoms with van der Waals surface area (Å²) in [7, 11) is 0. The van der Waals surface area contributed by atoms with Crippen LogP contribution in [0.4, 0.5) is 10.1 Å². The highest BCUT2D eigenvalue weighted by atomic mass is 19.1. The van der Waals surface area contributed by atoms with Gasteiger partial charge in [-0.15, -0.1) is 0 Å². The van der Waals surface area contributed by atoms with Gasteiger partial charge in [-0.2, -0.15) is 0 Å². The smallest absolute Gasteiger partial charge is 0.329 e. The molecule has 0 aliphatic rings. The van der Waals surface area contributed by atoms with Crippen molar-refractivity contribution in [2.45, 2.75) is 25.8 Å². The molecular formula is C12H13FN2O5. The summed E-state index contributed by atoms with van der Waals surface area (Å²) < 4.78 is 13.6. The number of aliphatic carboxylic acids is 1. The van der Waals surface area contributed by atoms with E-state index in [1.54, 1.807) is 6.92 Å². The van der Waals surface area contributed by atoms with Crippen LogP contribution >= 0.6 is 0 Å². The Morgan fingerprint density at radius 3 is 2.50 bits per heavy atom. The van der Waals surface area contributed by atoms with Gasteiger partial charge in [-0.3, -0.25) is 14.9 Å². The van der Waals surface area contributed by atoms with Crippen molar-refractivity contribution in [3.8, 4) is 0 Å². The van der Waals surface area contributed by atoms with Crippen molar-refractivity contribution < 1.29 is 24.0 Å². The highest BCUT2D eigenvalue weighted by Crippen LogP contribution is 2.18. The topological polar surface area (TPSA) is 110 Å². The summed E-state index contributed by atoms with van der Waals surface area (Å²) in [6.45, 7) is 2.84. The van der Waals surface area contributed by atoms with Crippen LogP contribution in [-0.2, 0) is 4.79 Å². The minimum Gasteiger partial charge on any atom is -0.480 e. The molecule has 1 aromatic rings. The zero-order chi connectivity index (χ0) is 15.5. The maximum Gasteiger partial charge on any atom is 0.329 e.